The third-order valence-corrected chi connectivity index (χ3v) is 6.08. The summed E-state index contributed by atoms with van der Waals surface area (Å²) < 4.78 is 6.84. The monoisotopic (exact) mass is 432 g/mol. The average Bonchev–Trinajstić information content (AvgIpc) is 3.18. The largest absolute Gasteiger partial charge is 0.419 e. The highest BCUT2D eigenvalue weighted by atomic mass is 79.9. The molecule has 1 aliphatic heterocycles. The van der Waals surface area contributed by atoms with Gasteiger partial charge in [0.05, 0.1) is 6.54 Å². The first kappa shape index (κ1) is 18.6. The van der Waals surface area contributed by atoms with Gasteiger partial charge in [0.15, 0.2) is 0 Å². The summed E-state index contributed by atoms with van der Waals surface area (Å²) in [4.78, 5) is 17.0. The number of benzene rings is 1. The molecule has 1 aromatic heterocycles. The molecule has 0 radical (unpaired) electrons. The predicted octanol–water partition coefficient (Wildman–Crippen LogP) is 3.72. The molecule has 0 atom stereocenters. The van der Waals surface area contributed by atoms with E-state index in [1.165, 1.54) is 19.3 Å². The molecular formula is C20H25BrN4O2. The van der Waals surface area contributed by atoms with Gasteiger partial charge in [-0.2, -0.15) is 0 Å². The second-order valence-corrected chi connectivity index (χ2v) is 8.36. The van der Waals surface area contributed by atoms with Crippen LogP contribution in [0.4, 0.5) is 0 Å². The van der Waals surface area contributed by atoms with E-state index in [9.17, 15) is 4.79 Å². The summed E-state index contributed by atoms with van der Waals surface area (Å²) in [5, 5.41) is 8.35. The molecule has 2 aliphatic rings. The Kier molecular flexibility index (Phi) is 5.88. The zero-order valence-electron chi connectivity index (χ0n) is 15.4. The zero-order chi connectivity index (χ0) is 18.6. The van der Waals surface area contributed by atoms with Crippen molar-refractivity contribution in [2.45, 2.75) is 38.6 Å². The fraction of sp³-hybridized carbons (Fsp3) is 0.550. The Balaban J connectivity index is 1.29. The highest BCUT2D eigenvalue weighted by molar-refractivity contribution is 9.10. The molecule has 0 spiro atoms. The number of hydrogen-bond acceptors (Lipinski definition) is 5. The Labute approximate surface area is 168 Å². The molecule has 2 heterocycles. The van der Waals surface area contributed by atoms with Crippen LogP contribution in [-0.2, 0) is 11.3 Å². The molecule has 2 aromatic rings. The first-order valence-electron chi connectivity index (χ1n) is 9.78. The Morgan fingerprint density at radius 2 is 1.74 bits per heavy atom. The maximum Gasteiger partial charge on any atom is 0.247 e. The fourth-order valence-electron chi connectivity index (χ4n) is 3.95. The van der Waals surface area contributed by atoms with E-state index < -0.39 is 0 Å². The molecule has 1 aromatic carbocycles. The van der Waals surface area contributed by atoms with Crippen LogP contribution in [-0.4, -0.2) is 52.1 Å². The van der Waals surface area contributed by atoms with E-state index in [4.69, 9.17) is 4.42 Å². The Bertz CT molecular complexity index is 763. The van der Waals surface area contributed by atoms with Gasteiger partial charge in [0.25, 0.3) is 0 Å². The Morgan fingerprint density at radius 3 is 2.44 bits per heavy atom. The summed E-state index contributed by atoms with van der Waals surface area (Å²) in [6.45, 7) is 3.93. The van der Waals surface area contributed by atoms with Crippen LogP contribution < -0.4 is 0 Å². The van der Waals surface area contributed by atoms with Crippen molar-refractivity contribution in [3.8, 4) is 11.5 Å². The van der Waals surface area contributed by atoms with Gasteiger partial charge in [-0.05, 0) is 37.1 Å². The predicted molar refractivity (Wildman–Crippen MR) is 106 cm³/mol. The molecule has 0 N–H and O–H groups in total. The molecule has 27 heavy (non-hydrogen) atoms. The van der Waals surface area contributed by atoms with Crippen LogP contribution in [0.1, 0.15) is 38.0 Å². The van der Waals surface area contributed by atoms with Crippen LogP contribution >= 0.6 is 15.9 Å². The van der Waals surface area contributed by atoms with Gasteiger partial charge in [0, 0.05) is 42.1 Å². The number of aromatic nitrogens is 2. The highest BCUT2D eigenvalue weighted by Crippen LogP contribution is 2.26. The number of nitrogens with zero attached hydrogens (tertiary/aromatic N) is 4. The maximum atomic E-state index is 12.7. The van der Waals surface area contributed by atoms with Crippen molar-refractivity contribution in [2.75, 3.05) is 26.2 Å². The topological polar surface area (TPSA) is 62.5 Å². The molecule has 7 heteroatoms. The van der Waals surface area contributed by atoms with E-state index in [2.05, 4.69) is 31.0 Å². The Hall–Kier alpha value is -1.73. The van der Waals surface area contributed by atoms with Crippen molar-refractivity contribution in [3.05, 3.63) is 34.6 Å². The first-order valence-corrected chi connectivity index (χ1v) is 10.6. The number of hydrogen-bond donors (Lipinski definition) is 0. The number of halogens is 1. The number of amides is 1. The molecule has 1 saturated carbocycles. The summed E-state index contributed by atoms with van der Waals surface area (Å²) in [7, 11) is 0. The third kappa shape index (κ3) is 4.58. The number of piperazine rings is 1. The SMILES string of the molecule is O=C(C1CCCCC1)N1CCN(Cc2nnc(-c3ccc(Br)cc3)o2)CC1. The maximum absolute atomic E-state index is 12.7. The lowest BCUT2D eigenvalue weighted by Crippen LogP contribution is -2.50. The molecule has 6 nitrogen and oxygen atoms in total. The molecular weight excluding hydrogens is 408 g/mol. The lowest BCUT2D eigenvalue weighted by atomic mass is 9.88. The Morgan fingerprint density at radius 1 is 1.04 bits per heavy atom. The zero-order valence-corrected chi connectivity index (χ0v) is 17.0. The normalized spacial score (nSPS) is 19.4. The van der Waals surface area contributed by atoms with Crippen LogP contribution in [0.25, 0.3) is 11.5 Å². The van der Waals surface area contributed by atoms with Crippen molar-refractivity contribution in [3.63, 3.8) is 0 Å². The quantitative estimate of drug-likeness (QED) is 0.736. The standard InChI is InChI=1S/C20H25BrN4O2/c21-17-8-6-15(7-9-17)19-23-22-18(27-19)14-24-10-12-25(13-11-24)20(26)16-4-2-1-3-5-16/h6-9,16H,1-5,10-14H2. The molecule has 0 bridgehead atoms. The van der Waals surface area contributed by atoms with E-state index in [0.717, 1.165) is 49.1 Å². The van der Waals surface area contributed by atoms with E-state index in [1.807, 2.05) is 29.2 Å². The lowest BCUT2D eigenvalue weighted by Gasteiger charge is -2.36. The van der Waals surface area contributed by atoms with Gasteiger partial charge in [-0.3, -0.25) is 9.69 Å². The van der Waals surface area contributed by atoms with Gasteiger partial charge < -0.3 is 9.32 Å². The van der Waals surface area contributed by atoms with E-state index in [-0.39, 0.29) is 5.92 Å². The fourth-order valence-corrected chi connectivity index (χ4v) is 4.22. The summed E-state index contributed by atoms with van der Waals surface area (Å²) in [6.07, 6.45) is 5.83. The summed E-state index contributed by atoms with van der Waals surface area (Å²) in [5.74, 6) is 1.79. The van der Waals surface area contributed by atoms with Crippen LogP contribution in [0.2, 0.25) is 0 Å². The molecule has 1 saturated heterocycles. The lowest BCUT2D eigenvalue weighted by molar-refractivity contribution is -0.138. The summed E-state index contributed by atoms with van der Waals surface area (Å²) in [5.41, 5.74) is 0.917. The van der Waals surface area contributed by atoms with Crippen LogP contribution in [0.5, 0.6) is 0 Å². The molecule has 144 valence electrons. The molecule has 1 amide bonds. The van der Waals surface area contributed by atoms with Gasteiger partial charge in [-0.1, -0.05) is 35.2 Å². The highest BCUT2D eigenvalue weighted by Gasteiger charge is 2.28. The first-order chi connectivity index (χ1) is 13.2. The van der Waals surface area contributed by atoms with Gasteiger partial charge in [0.1, 0.15) is 0 Å². The molecule has 2 fully saturated rings. The van der Waals surface area contributed by atoms with E-state index in [1.54, 1.807) is 0 Å². The number of carbonyl (C=O) groups excluding carboxylic acids is 1. The van der Waals surface area contributed by atoms with Crippen molar-refractivity contribution in [1.82, 2.24) is 20.0 Å². The molecule has 0 unspecified atom stereocenters. The van der Waals surface area contributed by atoms with Crippen LogP contribution in [0.3, 0.4) is 0 Å². The van der Waals surface area contributed by atoms with Crippen LogP contribution in [0, 0.1) is 5.92 Å². The van der Waals surface area contributed by atoms with Gasteiger partial charge in [-0.15, -0.1) is 10.2 Å². The minimum Gasteiger partial charge on any atom is -0.419 e. The average molecular weight is 433 g/mol. The molecule has 4 rings (SSSR count). The minimum absolute atomic E-state index is 0.259. The van der Waals surface area contributed by atoms with Crippen molar-refractivity contribution < 1.29 is 9.21 Å². The second kappa shape index (κ2) is 8.52. The van der Waals surface area contributed by atoms with Crippen LogP contribution in [0.15, 0.2) is 33.2 Å². The summed E-state index contributed by atoms with van der Waals surface area (Å²) in [6, 6.07) is 7.83. The van der Waals surface area contributed by atoms with E-state index in [0.29, 0.717) is 24.2 Å². The third-order valence-electron chi connectivity index (χ3n) is 5.56. The smallest absolute Gasteiger partial charge is 0.247 e. The molecule has 1 aliphatic carbocycles. The number of rotatable bonds is 4. The van der Waals surface area contributed by atoms with Gasteiger partial charge in [-0.25, -0.2) is 0 Å². The van der Waals surface area contributed by atoms with E-state index >= 15 is 0 Å². The minimum atomic E-state index is 0.259. The second-order valence-electron chi connectivity index (χ2n) is 7.44. The van der Waals surface area contributed by atoms with Gasteiger partial charge in [0.2, 0.25) is 17.7 Å². The van der Waals surface area contributed by atoms with Gasteiger partial charge >= 0.3 is 0 Å². The number of carbonyl (C=O) groups is 1. The van der Waals surface area contributed by atoms with Crippen molar-refractivity contribution in [1.29, 1.82) is 0 Å². The van der Waals surface area contributed by atoms with Crippen molar-refractivity contribution >= 4 is 21.8 Å². The summed E-state index contributed by atoms with van der Waals surface area (Å²) >= 11 is 3.43. The van der Waals surface area contributed by atoms with Crippen molar-refractivity contribution in [2.24, 2.45) is 5.92 Å².